The number of urea groups is 1. The van der Waals surface area contributed by atoms with E-state index in [0.717, 1.165) is 28.9 Å². The van der Waals surface area contributed by atoms with E-state index in [-0.39, 0.29) is 24.0 Å². The third kappa shape index (κ3) is 5.42. The van der Waals surface area contributed by atoms with Crippen LogP contribution in [0.2, 0.25) is 0 Å². The predicted molar refractivity (Wildman–Crippen MR) is 137 cm³/mol. The van der Waals surface area contributed by atoms with Crippen molar-refractivity contribution in [2.45, 2.75) is 25.4 Å². The molecule has 4 rings (SSSR count). The van der Waals surface area contributed by atoms with Gasteiger partial charge >= 0.3 is 6.03 Å². The van der Waals surface area contributed by atoms with E-state index in [2.05, 4.69) is 20.6 Å². The molecule has 3 amide bonds. The monoisotopic (exact) mass is 494 g/mol. The first-order valence-electron chi connectivity index (χ1n) is 11.9. The molecule has 1 saturated heterocycles. The molecule has 11 heteroatoms. The number of aromatic nitrogens is 4. The van der Waals surface area contributed by atoms with E-state index in [1.54, 1.807) is 41.7 Å². The zero-order valence-electron chi connectivity index (χ0n) is 21.4. The summed E-state index contributed by atoms with van der Waals surface area (Å²) in [5, 5.41) is 15.1. The summed E-state index contributed by atoms with van der Waals surface area (Å²) in [6, 6.07) is 8.89. The summed E-state index contributed by atoms with van der Waals surface area (Å²) in [6.45, 7) is 3.51. The van der Waals surface area contributed by atoms with Crippen molar-refractivity contribution in [3.8, 4) is 16.9 Å². The predicted octanol–water partition coefficient (Wildman–Crippen LogP) is 1.88. The number of benzene rings is 1. The van der Waals surface area contributed by atoms with Crippen molar-refractivity contribution < 1.29 is 14.3 Å². The van der Waals surface area contributed by atoms with Crippen molar-refractivity contribution in [1.82, 2.24) is 34.7 Å². The summed E-state index contributed by atoms with van der Waals surface area (Å²) in [6.07, 6.45) is 4.40. The Bertz CT molecular complexity index is 1200. The van der Waals surface area contributed by atoms with Crippen LogP contribution in [0, 0.1) is 6.92 Å². The van der Waals surface area contributed by atoms with Gasteiger partial charge in [-0.1, -0.05) is 18.2 Å². The van der Waals surface area contributed by atoms with Crippen LogP contribution in [0.15, 0.2) is 42.7 Å². The molecule has 1 aliphatic rings. The third-order valence-electron chi connectivity index (χ3n) is 6.38. The van der Waals surface area contributed by atoms with Gasteiger partial charge in [0.05, 0.1) is 18.5 Å². The first-order chi connectivity index (χ1) is 17.3. The normalized spacial score (nSPS) is 16.6. The maximum absolute atomic E-state index is 13.1. The van der Waals surface area contributed by atoms with Crippen LogP contribution in [0.3, 0.4) is 0 Å². The number of likely N-dealkylation sites (N-methyl/N-ethyl adjacent to an activating group) is 1. The van der Waals surface area contributed by atoms with E-state index < -0.39 is 0 Å². The lowest BCUT2D eigenvalue weighted by Crippen LogP contribution is -2.49. The number of nitrogens with zero attached hydrogens (tertiary/aromatic N) is 6. The van der Waals surface area contributed by atoms with Gasteiger partial charge in [-0.05, 0) is 25.5 Å². The molecule has 192 valence electrons. The highest BCUT2D eigenvalue weighted by atomic mass is 16.5. The van der Waals surface area contributed by atoms with E-state index in [1.807, 2.05) is 50.5 Å². The number of hydrogen-bond donors (Lipinski definition) is 2. The van der Waals surface area contributed by atoms with Gasteiger partial charge in [-0.25, -0.2) is 9.48 Å². The SMILES string of the molecule is COCC(C(=O)N(C)C)N1CC[C@H](NC(=O)Nc2c(C)c(-c3cnn(C)c3)nn2-c2ccccc2)C1. The molecule has 0 aliphatic carbocycles. The third-order valence-corrected chi connectivity index (χ3v) is 6.38. The average Bonchev–Trinajstić information content (AvgIpc) is 3.57. The minimum Gasteiger partial charge on any atom is -0.383 e. The molecule has 2 aromatic heterocycles. The van der Waals surface area contributed by atoms with Crippen LogP contribution in [0.1, 0.15) is 12.0 Å². The number of hydrogen-bond acceptors (Lipinski definition) is 6. The lowest BCUT2D eigenvalue weighted by atomic mass is 10.1. The fourth-order valence-corrected chi connectivity index (χ4v) is 4.52. The first-order valence-corrected chi connectivity index (χ1v) is 11.9. The Labute approximate surface area is 211 Å². The average molecular weight is 495 g/mol. The number of ether oxygens (including phenoxy) is 1. The van der Waals surface area contributed by atoms with Crippen molar-refractivity contribution in [3.05, 3.63) is 48.3 Å². The van der Waals surface area contributed by atoms with Gasteiger partial charge < -0.3 is 15.0 Å². The summed E-state index contributed by atoms with van der Waals surface area (Å²) >= 11 is 0. The highest BCUT2D eigenvalue weighted by Crippen LogP contribution is 2.30. The molecule has 1 aliphatic heterocycles. The largest absolute Gasteiger partial charge is 0.383 e. The van der Waals surface area contributed by atoms with Gasteiger partial charge in [0, 0.05) is 64.7 Å². The molecular formula is C25H34N8O3. The molecule has 1 fully saturated rings. The fraction of sp³-hybridized carbons (Fsp3) is 0.440. The van der Waals surface area contributed by atoms with Crippen LogP contribution in [0.5, 0.6) is 0 Å². The number of nitrogens with one attached hydrogen (secondary N) is 2. The number of anilines is 1. The number of carbonyl (C=O) groups excluding carboxylic acids is 2. The van der Waals surface area contributed by atoms with Crippen molar-refractivity contribution in [2.75, 3.05) is 46.2 Å². The Morgan fingerprint density at radius 3 is 2.64 bits per heavy atom. The quantitative estimate of drug-likeness (QED) is 0.495. The Hall–Kier alpha value is -3.70. The maximum Gasteiger partial charge on any atom is 0.320 e. The Balaban J connectivity index is 1.51. The van der Waals surface area contributed by atoms with Crippen molar-refractivity contribution >= 4 is 17.8 Å². The molecule has 1 aromatic carbocycles. The van der Waals surface area contributed by atoms with Crippen molar-refractivity contribution in [3.63, 3.8) is 0 Å². The second kappa shape index (κ2) is 10.9. The lowest BCUT2D eigenvalue weighted by Gasteiger charge is -2.28. The Morgan fingerprint density at radius 2 is 2.00 bits per heavy atom. The number of rotatable bonds is 8. The van der Waals surface area contributed by atoms with E-state index in [4.69, 9.17) is 9.84 Å². The topological polar surface area (TPSA) is 110 Å². The number of aryl methyl sites for hydroxylation is 1. The first kappa shape index (κ1) is 25.4. The second-order valence-electron chi connectivity index (χ2n) is 9.26. The standard InChI is InChI=1S/C25H34N8O3/c1-17-22(18-13-26-31(4)14-18)29-33(20-9-7-6-8-10-20)23(17)28-25(35)27-19-11-12-32(15-19)21(16-36-5)24(34)30(2)3/h6-10,13-14,19,21H,11-12,15-16H2,1-5H3,(H2,27,28,35)/t19-,21?/m0/s1. The van der Waals surface area contributed by atoms with Crippen LogP contribution >= 0.6 is 0 Å². The number of likely N-dealkylation sites (tertiary alicyclic amines) is 1. The van der Waals surface area contributed by atoms with Gasteiger partial charge in [0.2, 0.25) is 5.91 Å². The molecule has 36 heavy (non-hydrogen) atoms. The molecule has 1 unspecified atom stereocenters. The highest BCUT2D eigenvalue weighted by Gasteiger charge is 2.34. The van der Waals surface area contributed by atoms with Gasteiger partial charge in [0.1, 0.15) is 17.6 Å². The van der Waals surface area contributed by atoms with Gasteiger partial charge in [-0.3, -0.25) is 19.7 Å². The molecule has 0 saturated carbocycles. The Morgan fingerprint density at radius 1 is 1.25 bits per heavy atom. The summed E-state index contributed by atoms with van der Waals surface area (Å²) in [7, 11) is 6.92. The minimum atomic E-state index is -0.372. The van der Waals surface area contributed by atoms with E-state index in [9.17, 15) is 9.59 Å². The molecule has 0 bridgehead atoms. The molecule has 2 atom stereocenters. The number of methoxy groups -OCH3 is 1. The fourth-order valence-electron chi connectivity index (χ4n) is 4.52. The number of para-hydroxylation sites is 1. The van der Waals surface area contributed by atoms with Crippen LogP contribution in [-0.4, -0.2) is 94.3 Å². The zero-order valence-corrected chi connectivity index (χ0v) is 21.4. The van der Waals surface area contributed by atoms with Crippen LogP contribution < -0.4 is 10.6 Å². The molecular weight excluding hydrogens is 460 g/mol. The van der Waals surface area contributed by atoms with Gasteiger partial charge in [-0.2, -0.15) is 10.2 Å². The van der Waals surface area contributed by atoms with Crippen LogP contribution in [-0.2, 0) is 16.6 Å². The van der Waals surface area contributed by atoms with E-state index >= 15 is 0 Å². The molecule has 3 aromatic rings. The van der Waals surface area contributed by atoms with Gasteiger partial charge in [0.15, 0.2) is 0 Å². The number of carbonyl (C=O) groups is 2. The van der Waals surface area contributed by atoms with Crippen LogP contribution in [0.25, 0.3) is 16.9 Å². The van der Waals surface area contributed by atoms with Crippen molar-refractivity contribution in [2.24, 2.45) is 7.05 Å². The summed E-state index contributed by atoms with van der Waals surface area (Å²) in [5.74, 6) is 0.583. The van der Waals surface area contributed by atoms with Crippen LogP contribution in [0.4, 0.5) is 10.6 Å². The van der Waals surface area contributed by atoms with E-state index in [1.165, 1.54) is 0 Å². The van der Waals surface area contributed by atoms with Gasteiger partial charge in [-0.15, -0.1) is 0 Å². The molecule has 0 spiro atoms. The zero-order chi connectivity index (χ0) is 25.8. The molecule has 11 nitrogen and oxygen atoms in total. The van der Waals surface area contributed by atoms with Gasteiger partial charge in [0.25, 0.3) is 0 Å². The molecule has 3 heterocycles. The molecule has 0 radical (unpaired) electrons. The summed E-state index contributed by atoms with van der Waals surface area (Å²) < 4.78 is 8.75. The Kier molecular flexibility index (Phi) is 7.70. The summed E-state index contributed by atoms with van der Waals surface area (Å²) in [5.41, 5.74) is 3.29. The maximum atomic E-state index is 13.1. The number of amides is 3. The summed E-state index contributed by atoms with van der Waals surface area (Å²) in [4.78, 5) is 29.3. The second-order valence-corrected chi connectivity index (χ2v) is 9.26. The lowest BCUT2D eigenvalue weighted by molar-refractivity contribution is -0.136. The minimum absolute atomic E-state index is 0.00716. The highest BCUT2D eigenvalue weighted by molar-refractivity contribution is 5.91. The molecule has 2 N–H and O–H groups in total. The van der Waals surface area contributed by atoms with E-state index in [0.29, 0.717) is 25.5 Å². The smallest absolute Gasteiger partial charge is 0.320 e. The van der Waals surface area contributed by atoms with Crippen molar-refractivity contribution in [1.29, 1.82) is 0 Å².